The topological polar surface area (TPSA) is 61.9 Å². The average Bonchev–Trinajstić information content (AvgIpc) is 2.94. The van der Waals surface area contributed by atoms with Gasteiger partial charge in [0, 0.05) is 18.3 Å². The van der Waals surface area contributed by atoms with Gasteiger partial charge in [-0.3, -0.25) is 0 Å². The van der Waals surface area contributed by atoms with Gasteiger partial charge in [-0.2, -0.15) is 0 Å². The van der Waals surface area contributed by atoms with Crippen molar-refractivity contribution in [1.82, 2.24) is 0 Å². The van der Waals surface area contributed by atoms with E-state index in [1.807, 2.05) is 12.1 Å². The predicted molar refractivity (Wildman–Crippen MR) is 81.7 cm³/mol. The number of rotatable bonds is 2. The van der Waals surface area contributed by atoms with Crippen LogP contribution >= 0.6 is 11.6 Å². The van der Waals surface area contributed by atoms with Crippen molar-refractivity contribution < 1.29 is 5.21 Å². The summed E-state index contributed by atoms with van der Waals surface area (Å²) in [6, 6.07) is 6.33. The fourth-order valence-corrected chi connectivity index (χ4v) is 4.08. The Labute approximate surface area is 124 Å². The number of nitrogens with zero attached hydrogens (tertiary/aromatic N) is 2. The first-order chi connectivity index (χ1) is 9.72. The Morgan fingerprint density at radius 1 is 1.30 bits per heavy atom. The van der Waals surface area contributed by atoms with E-state index in [1.165, 1.54) is 32.1 Å². The lowest BCUT2D eigenvalue weighted by Crippen LogP contribution is -2.43. The average molecular weight is 294 g/mol. The highest BCUT2D eigenvalue weighted by atomic mass is 35.5. The van der Waals surface area contributed by atoms with Gasteiger partial charge < -0.3 is 15.8 Å². The molecule has 2 unspecified atom stereocenters. The summed E-state index contributed by atoms with van der Waals surface area (Å²) in [6.45, 7) is 1.02. The minimum Gasteiger partial charge on any atom is -0.409 e. The van der Waals surface area contributed by atoms with Crippen LogP contribution in [0.15, 0.2) is 23.4 Å². The molecular weight excluding hydrogens is 274 g/mol. The Hall–Kier alpha value is -1.42. The predicted octanol–water partition coefficient (Wildman–Crippen LogP) is 3.20. The molecule has 108 valence electrons. The normalized spacial score (nSPS) is 26.6. The highest BCUT2D eigenvalue weighted by molar-refractivity contribution is 6.34. The summed E-state index contributed by atoms with van der Waals surface area (Å²) in [6.07, 6.45) is 6.36. The van der Waals surface area contributed by atoms with Crippen molar-refractivity contribution >= 4 is 23.1 Å². The molecule has 1 saturated carbocycles. The molecule has 0 aromatic heterocycles. The number of anilines is 1. The van der Waals surface area contributed by atoms with E-state index in [-0.39, 0.29) is 5.84 Å². The molecule has 1 saturated heterocycles. The summed E-state index contributed by atoms with van der Waals surface area (Å²) in [5.41, 5.74) is 7.49. The molecule has 0 radical (unpaired) electrons. The van der Waals surface area contributed by atoms with E-state index < -0.39 is 0 Å². The number of hydrogen-bond acceptors (Lipinski definition) is 3. The smallest absolute Gasteiger partial charge is 0.173 e. The van der Waals surface area contributed by atoms with Crippen LogP contribution in [0.25, 0.3) is 0 Å². The summed E-state index contributed by atoms with van der Waals surface area (Å²) in [7, 11) is 0. The zero-order valence-electron chi connectivity index (χ0n) is 11.4. The van der Waals surface area contributed by atoms with Crippen LogP contribution in [0.4, 0.5) is 5.69 Å². The van der Waals surface area contributed by atoms with Crippen LogP contribution in [0.2, 0.25) is 5.02 Å². The Morgan fingerprint density at radius 3 is 2.90 bits per heavy atom. The van der Waals surface area contributed by atoms with Gasteiger partial charge in [0.2, 0.25) is 0 Å². The maximum atomic E-state index is 9.01. The number of halogens is 1. The monoisotopic (exact) mass is 293 g/mol. The molecule has 4 nitrogen and oxygen atoms in total. The van der Waals surface area contributed by atoms with Crippen LogP contribution in [0, 0.1) is 5.92 Å². The molecule has 1 heterocycles. The zero-order chi connectivity index (χ0) is 14.1. The second-order valence-electron chi connectivity index (χ2n) is 5.71. The molecule has 3 N–H and O–H groups in total. The minimum atomic E-state index is 0.0886. The molecule has 20 heavy (non-hydrogen) atoms. The molecule has 1 aliphatic carbocycles. The maximum absolute atomic E-state index is 9.01. The molecule has 1 aliphatic heterocycles. The standard InChI is InChI=1S/C15H20ClN3O/c16-11-6-2-8-13(14(11)15(17)18-20)19-9-3-5-10-4-1-7-12(10)19/h2,6,8,10,12,20H,1,3-5,7,9H2,(H2,17,18). The summed E-state index contributed by atoms with van der Waals surface area (Å²) < 4.78 is 0. The Balaban J connectivity index is 2.03. The van der Waals surface area contributed by atoms with Gasteiger partial charge in [-0.1, -0.05) is 29.2 Å². The lowest BCUT2D eigenvalue weighted by atomic mass is 9.91. The fraction of sp³-hybridized carbons (Fsp3) is 0.533. The number of fused-ring (bicyclic) bond motifs is 1. The maximum Gasteiger partial charge on any atom is 0.173 e. The third-order valence-electron chi connectivity index (χ3n) is 4.66. The van der Waals surface area contributed by atoms with E-state index in [0.717, 1.165) is 18.2 Å². The Morgan fingerprint density at radius 2 is 2.10 bits per heavy atom. The first kappa shape index (κ1) is 13.6. The lowest BCUT2D eigenvalue weighted by Gasteiger charge is -2.40. The minimum absolute atomic E-state index is 0.0886. The van der Waals surface area contributed by atoms with Crippen molar-refractivity contribution in [3.8, 4) is 0 Å². The number of hydrogen-bond donors (Lipinski definition) is 2. The van der Waals surface area contributed by atoms with Crippen molar-refractivity contribution in [2.24, 2.45) is 16.8 Å². The molecule has 2 fully saturated rings. The highest BCUT2D eigenvalue weighted by Crippen LogP contribution is 2.41. The van der Waals surface area contributed by atoms with E-state index in [9.17, 15) is 0 Å². The van der Waals surface area contributed by atoms with Gasteiger partial charge in [0.25, 0.3) is 0 Å². The molecule has 2 aliphatic rings. The van der Waals surface area contributed by atoms with Crippen LogP contribution in [0.3, 0.4) is 0 Å². The van der Waals surface area contributed by atoms with E-state index in [0.29, 0.717) is 16.6 Å². The number of benzene rings is 1. The highest BCUT2D eigenvalue weighted by Gasteiger charge is 2.36. The SMILES string of the molecule is NC(=NO)c1c(Cl)cccc1N1CCCC2CCCC21. The molecule has 1 aromatic carbocycles. The molecule has 0 bridgehead atoms. The molecule has 0 amide bonds. The van der Waals surface area contributed by atoms with Crippen LogP contribution in [0.1, 0.15) is 37.7 Å². The summed E-state index contributed by atoms with van der Waals surface area (Å²) in [4.78, 5) is 2.42. The zero-order valence-corrected chi connectivity index (χ0v) is 12.2. The second-order valence-corrected chi connectivity index (χ2v) is 6.12. The van der Waals surface area contributed by atoms with Crippen LogP contribution in [-0.2, 0) is 0 Å². The van der Waals surface area contributed by atoms with Crippen molar-refractivity contribution in [3.63, 3.8) is 0 Å². The van der Waals surface area contributed by atoms with Crippen LogP contribution < -0.4 is 10.6 Å². The Bertz CT molecular complexity index is 532. The van der Waals surface area contributed by atoms with E-state index in [4.69, 9.17) is 22.5 Å². The quantitative estimate of drug-likeness (QED) is 0.381. The van der Waals surface area contributed by atoms with Crippen LogP contribution in [0.5, 0.6) is 0 Å². The summed E-state index contributed by atoms with van der Waals surface area (Å²) >= 11 is 6.27. The molecule has 2 atom stereocenters. The van der Waals surface area contributed by atoms with Gasteiger partial charge in [0.15, 0.2) is 5.84 Å². The molecule has 3 rings (SSSR count). The summed E-state index contributed by atoms with van der Waals surface area (Å²) in [5, 5.41) is 12.7. The third kappa shape index (κ3) is 2.22. The van der Waals surface area contributed by atoms with Crippen molar-refractivity contribution in [2.45, 2.75) is 38.1 Å². The van der Waals surface area contributed by atoms with Gasteiger partial charge in [-0.05, 0) is 43.7 Å². The number of oxime groups is 1. The first-order valence-corrected chi connectivity index (χ1v) is 7.63. The molecule has 0 spiro atoms. The van der Waals surface area contributed by atoms with Crippen molar-refractivity contribution in [2.75, 3.05) is 11.4 Å². The molecule has 1 aromatic rings. The van der Waals surface area contributed by atoms with Crippen molar-refractivity contribution in [3.05, 3.63) is 28.8 Å². The lowest BCUT2D eigenvalue weighted by molar-refractivity contribution is 0.318. The fourth-order valence-electron chi connectivity index (χ4n) is 3.81. The van der Waals surface area contributed by atoms with Gasteiger partial charge in [0.05, 0.1) is 10.6 Å². The first-order valence-electron chi connectivity index (χ1n) is 7.25. The van der Waals surface area contributed by atoms with Gasteiger partial charge in [0.1, 0.15) is 0 Å². The molecular formula is C15H20ClN3O. The molecule has 5 heteroatoms. The van der Waals surface area contributed by atoms with Gasteiger partial charge in [-0.25, -0.2) is 0 Å². The van der Waals surface area contributed by atoms with Gasteiger partial charge >= 0.3 is 0 Å². The summed E-state index contributed by atoms with van der Waals surface area (Å²) in [5.74, 6) is 0.869. The van der Waals surface area contributed by atoms with E-state index in [2.05, 4.69) is 10.1 Å². The van der Waals surface area contributed by atoms with E-state index >= 15 is 0 Å². The second kappa shape index (κ2) is 5.52. The van der Waals surface area contributed by atoms with Crippen molar-refractivity contribution in [1.29, 1.82) is 0 Å². The Kier molecular flexibility index (Phi) is 3.74. The van der Waals surface area contributed by atoms with E-state index in [1.54, 1.807) is 6.07 Å². The van der Waals surface area contributed by atoms with Gasteiger partial charge in [-0.15, -0.1) is 0 Å². The third-order valence-corrected chi connectivity index (χ3v) is 4.97. The number of piperidine rings is 1. The largest absolute Gasteiger partial charge is 0.409 e. The van der Waals surface area contributed by atoms with Crippen LogP contribution in [-0.4, -0.2) is 23.6 Å². The number of amidine groups is 1. The number of nitrogens with two attached hydrogens (primary N) is 1.